The summed E-state index contributed by atoms with van der Waals surface area (Å²) in [5.41, 5.74) is 1.63. The van der Waals surface area contributed by atoms with Gasteiger partial charge in [0.2, 0.25) is 5.91 Å². The number of halogens is 2. The molecule has 0 saturated heterocycles. The van der Waals surface area contributed by atoms with Crippen molar-refractivity contribution in [3.63, 3.8) is 0 Å². The Morgan fingerprint density at radius 3 is 2.44 bits per heavy atom. The van der Waals surface area contributed by atoms with Gasteiger partial charge in [0.15, 0.2) is 5.16 Å². The average Bonchev–Trinajstić information content (AvgIpc) is 2.82. The summed E-state index contributed by atoms with van der Waals surface area (Å²) in [4.78, 5) is 31.4. The van der Waals surface area contributed by atoms with Crippen LogP contribution >= 0.6 is 35.0 Å². The third-order valence-electron chi connectivity index (χ3n) is 5.04. The number of anilines is 1. The molecule has 174 valence electrons. The number of para-hydroxylation sites is 1. The molecule has 0 spiro atoms. The molecule has 0 aliphatic carbocycles. The molecule has 4 aromatic rings. The third-order valence-corrected chi connectivity index (χ3v) is 6.72. The summed E-state index contributed by atoms with van der Waals surface area (Å²) in [5, 5.41) is 3.96. The molecule has 0 unspecified atom stereocenters. The van der Waals surface area contributed by atoms with Crippen molar-refractivity contribution in [2.45, 2.75) is 17.0 Å². The van der Waals surface area contributed by atoms with E-state index in [1.54, 1.807) is 48.1 Å². The van der Waals surface area contributed by atoms with Gasteiger partial charge in [-0.05, 0) is 35.9 Å². The number of rotatable bonds is 8. The van der Waals surface area contributed by atoms with Crippen LogP contribution in [0.4, 0.5) is 5.69 Å². The second-order valence-electron chi connectivity index (χ2n) is 7.42. The maximum absolute atomic E-state index is 13.5. The number of nitrogens with zero attached hydrogens (tertiary/aromatic N) is 2. The highest BCUT2D eigenvalue weighted by atomic mass is 35.5. The van der Waals surface area contributed by atoms with Crippen molar-refractivity contribution in [1.82, 2.24) is 9.55 Å². The molecule has 0 aliphatic heterocycles. The summed E-state index contributed by atoms with van der Waals surface area (Å²) in [5.74, 6) is -0.296. The average molecular weight is 514 g/mol. The lowest BCUT2D eigenvalue weighted by Crippen LogP contribution is -2.26. The Morgan fingerprint density at radius 2 is 1.74 bits per heavy atom. The molecule has 9 heteroatoms. The first kappa shape index (κ1) is 24.3. The smallest absolute Gasteiger partial charge is 0.262 e. The van der Waals surface area contributed by atoms with E-state index in [1.807, 2.05) is 36.4 Å². The third kappa shape index (κ3) is 5.62. The molecule has 1 amide bonds. The molecular formula is C25H21Cl2N3O3S. The summed E-state index contributed by atoms with van der Waals surface area (Å²) in [6, 6.07) is 21.3. The van der Waals surface area contributed by atoms with Crippen molar-refractivity contribution in [2.24, 2.45) is 0 Å². The van der Waals surface area contributed by atoms with Gasteiger partial charge in [-0.1, -0.05) is 77.4 Å². The van der Waals surface area contributed by atoms with Crippen LogP contribution in [0.3, 0.4) is 0 Å². The van der Waals surface area contributed by atoms with E-state index in [1.165, 1.54) is 11.8 Å². The largest absolute Gasteiger partial charge is 0.383 e. The Kier molecular flexibility index (Phi) is 7.90. The molecule has 0 saturated carbocycles. The van der Waals surface area contributed by atoms with Crippen molar-refractivity contribution >= 4 is 57.5 Å². The molecule has 0 radical (unpaired) electrons. The van der Waals surface area contributed by atoms with Gasteiger partial charge in [0.1, 0.15) is 5.25 Å². The van der Waals surface area contributed by atoms with Crippen LogP contribution in [-0.2, 0) is 16.1 Å². The Morgan fingerprint density at radius 1 is 1.06 bits per heavy atom. The highest BCUT2D eigenvalue weighted by Crippen LogP contribution is 2.36. The predicted molar refractivity (Wildman–Crippen MR) is 138 cm³/mol. The minimum Gasteiger partial charge on any atom is -0.383 e. The van der Waals surface area contributed by atoms with Crippen LogP contribution in [0, 0.1) is 0 Å². The molecule has 4 rings (SSSR count). The lowest BCUT2D eigenvalue weighted by molar-refractivity contribution is -0.115. The van der Waals surface area contributed by atoms with E-state index >= 15 is 0 Å². The molecule has 1 heterocycles. The van der Waals surface area contributed by atoms with Crippen molar-refractivity contribution in [1.29, 1.82) is 0 Å². The number of amides is 1. The number of fused-ring (bicyclic) bond motifs is 1. The van der Waals surface area contributed by atoms with Gasteiger partial charge in [0, 0.05) is 22.8 Å². The number of hydrogen-bond donors (Lipinski definition) is 1. The molecule has 6 nitrogen and oxygen atoms in total. The van der Waals surface area contributed by atoms with Crippen LogP contribution in [0.2, 0.25) is 10.0 Å². The number of ether oxygens (including phenoxy) is 1. The number of benzene rings is 3. The van der Waals surface area contributed by atoms with E-state index in [9.17, 15) is 9.59 Å². The Hall–Kier alpha value is -2.84. The van der Waals surface area contributed by atoms with Gasteiger partial charge in [-0.25, -0.2) is 4.98 Å². The highest BCUT2D eigenvalue weighted by Gasteiger charge is 2.25. The molecule has 1 atom stereocenters. The van der Waals surface area contributed by atoms with Crippen molar-refractivity contribution < 1.29 is 9.53 Å². The Balaban J connectivity index is 1.76. The number of hydrogen-bond acceptors (Lipinski definition) is 5. The zero-order valence-electron chi connectivity index (χ0n) is 18.2. The monoisotopic (exact) mass is 513 g/mol. The topological polar surface area (TPSA) is 73.2 Å². The van der Waals surface area contributed by atoms with Gasteiger partial charge in [-0.3, -0.25) is 14.2 Å². The summed E-state index contributed by atoms with van der Waals surface area (Å²) < 4.78 is 6.76. The van der Waals surface area contributed by atoms with E-state index in [0.29, 0.717) is 44.9 Å². The maximum atomic E-state index is 13.5. The second kappa shape index (κ2) is 11.1. The second-order valence-corrected chi connectivity index (χ2v) is 9.36. The summed E-state index contributed by atoms with van der Waals surface area (Å²) >= 11 is 13.4. The zero-order valence-corrected chi connectivity index (χ0v) is 20.5. The first-order valence-electron chi connectivity index (χ1n) is 10.4. The molecule has 1 aromatic heterocycles. The van der Waals surface area contributed by atoms with Crippen LogP contribution in [0.5, 0.6) is 0 Å². The summed E-state index contributed by atoms with van der Waals surface area (Å²) in [7, 11) is 1.57. The molecular weight excluding hydrogens is 493 g/mol. The molecule has 34 heavy (non-hydrogen) atoms. The molecule has 0 fully saturated rings. The van der Waals surface area contributed by atoms with E-state index < -0.39 is 5.25 Å². The van der Waals surface area contributed by atoms with Crippen molar-refractivity contribution in [2.75, 3.05) is 19.0 Å². The predicted octanol–water partition coefficient (Wildman–Crippen LogP) is 5.82. The SMILES string of the molecule is COCCn1c(S[C@H](C(=O)Nc2cc(Cl)cc(Cl)c2)c2ccccc2)nc2ccccc2c1=O. The normalized spacial score (nSPS) is 12.0. The fourth-order valence-electron chi connectivity index (χ4n) is 3.46. The molecule has 3 aromatic carbocycles. The molecule has 0 bridgehead atoms. The van der Waals surface area contributed by atoms with Gasteiger partial charge in [-0.2, -0.15) is 0 Å². The summed E-state index contributed by atoms with van der Waals surface area (Å²) in [6.45, 7) is 0.638. The van der Waals surface area contributed by atoms with E-state index in [-0.39, 0.29) is 11.5 Å². The van der Waals surface area contributed by atoms with E-state index in [4.69, 9.17) is 32.9 Å². The number of carbonyl (C=O) groups is 1. The quantitative estimate of drug-likeness (QED) is 0.237. The number of nitrogens with one attached hydrogen (secondary N) is 1. The van der Waals surface area contributed by atoms with E-state index in [0.717, 1.165) is 5.56 Å². The fourth-order valence-corrected chi connectivity index (χ4v) is 5.11. The Bertz CT molecular complexity index is 1360. The Labute approximate surface area is 210 Å². The van der Waals surface area contributed by atoms with Gasteiger partial charge in [0.05, 0.1) is 24.1 Å². The van der Waals surface area contributed by atoms with Gasteiger partial charge >= 0.3 is 0 Å². The van der Waals surface area contributed by atoms with Crippen molar-refractivity contribution in [3.8, 4) is 0 Å². The van der Waals surface area contributed by atoms with Crippen LogP contribution in [0.1, 0.15) is 10.8 Å². The van der Waals surface area contributed by atoms with Crippen LogP contribution in [0.15, 0.2) is 82.7 Å². The number of methoxy groups -OCH3 is 1. The standard InChI is InChI=1S/C25H21Cl2N3O3S/c1-33-12-11-30-24(32)20-9-5-6-10-21(20)29-25(30)34-22(16-7-3-2-4-8-16)23(31)28-19-14-17(26)13-18(27)15-19/h2-10,13-15,22H,11-12H2,1H3,(H,28,31)/t22-/m0/s1. The van der Waals surface area contributed by atoms with Crippen LogP contribution in [-0.4, -0.2) is 29.2 Å². The highest BCUT2D eigenvalue weighted by molar-refractivity contribution is 8.00. The lowest BCUT2D eigenvalue weighted by atomic mass is 10.1. The van der Waals surface area contributed by atoms with Gasteiger partial charge < -0.3 is 10.1 Å². The van der Waals surface area contributed by atoms with E-state index in [2.05, 4.69) is 5.32 Å². The lowest BCUT2D eigenvalue weighted by Gasteiger charge is -2.19. The first-order chi connectivity index (χ1) is 16.5. The van der Waals surface area contributed by atoms with Gasteiger partial charge in [-0.15, -0.1) is 0 Å². The minimum absolute atomic E-state index is 0.181. The van der Waals surface area contributed by atoms with Crippen LogP contribution in [0.25, 0.3) is 10.9 Å². The zero-order chi connectivity index (χ0) is 24.1. The first-order valence-corrected chi connectivity index (χ1v) is 12.1. The van der Waals surface area contributed by atoms with Gasteiger partial charge in [0.25, 0.3) is 5.56 Å². The summed E-state index contributed by atoms with van der Waals surface area (Å²) in [6.07, 6.45) is 0. The number of thioether (sulfide) groups is 1. The number of carbonyl (C=O) groups excluding carboxylic acids is 1. The van der Waals surface area contributed by atoms with Crippen molar-refractivity contribution in [3.05, 3.63) is 98.8 Å². The molecule has 0 aliphatic rings. The minimum atomic E-state index is -0.694. The molecule has 1 N–H and O–H groups in total. The fraction of sp³-hybridized carbons (Fsp3) is 0.160. The number of aromatic nitrogens is 2. The maximum Gasteiger partial charge on any atom is 0.262 e. The van der Waals surface area contributed by atoms with Crippen LogP contribution < -0.4 is 10.9 Å².